The Morgan fingerprint density at radius 1 is 0.358 bits per heavy atom. The van der Waals surface area contributed by atoms with Crippen LogP contribution in [0.4, 0.5) is 0 Å². The molecule has 0 aromatic carbocycles. The molecule has 0 N–H and O–H groups in total. The second-order valence-electron chi connectivity index (χ2n) is 13.1. The van der Waals surface area contributed by atoms with Crippen molar-refractivity contribution < 1.29 is 35.3 Å². The van der Waals surface area contributed by atoms with Crippen molar-refractivity contribution in [3.63, 3.8) is 0 Å². The first-order valence-electron chi connectivity index (χ1n) is 17.3. The average Bonchev–Trinajstić information content (AvgIpc) is 3.99. The number of nitrogens with zero attached hydrogens (tertiary/aromatic N) is 8. The molecule has 7 aromatic heterocycles. The van der Waals surface area contributed by atoms with E-state index in [0.29, 0.717) is 0 Å². The van der Waals surface area contributed by atoms with Crippen LogP contribution in [0.25, 0.3) is 91.4 Å². The van der Waals surface area contributed by atoms with Gasteiger partial charge in [0.25, 0.3) is 0 Å². The molecule has 9 heteroatoms. The second-order valence-corrected chi connectivity index (χ2v) is 13.1. The van der Waals surface area contributed by atoms with Gasteiger partial charge in [-0.15, -0.1) is 22.1 Å². The van der Waals surface area contributed by atoms with Crippen LogP contribution in [-0.2, 0) is 45.3 Å². The molecule has 0 saturated heterocycles. The smallest absolute Gasteiger partial charge is 0.656 e. The minimum absolute atomic E-state index is 0. The minimum Gasteiger partial charge on any atom is -0.656 e. The third-order valence-electron chi connectivity index (χ3n) is 9.85. The van der Waals surface area contributed by atoms with E-state index in [2.05, 4.69) is 168 Å². The van der Waals surface area contributed by atoms with Crippen LogP contribution in [0.5, 0.6) is 0 Å². The van der Waals surface area contributed by atoms with Gasteiger partial charge in [-0.05, 0) is 48.6 Å². The largest absolute Gasteiger partial charge is 2.00 e. The zero-order valence-corrected chi connectivity index (χ0v) is 31.0. The predicted molar refractivity (Wildman–Crippen MR) is 203 cm³/mol. The van der Waals surface area contributed by atoms with Gasteiger partial charge >= 0.3 is 17.1 Å². The Hall–Kier alpha value is -6.28. The first kappa shape index (κ1) is 33.8. The van der Waals surface area contributed by atoms with Gasteiger partial charge in [0.2, 0.25) is 22.8 Å². The standard InChI is InChI=1S/C44H36N8.Mn/c1-49-25-9-5-13-37(49)41-29-17-19-31(45-29)42(38-14-6-10-26-50(38)2)33-21-23-35(47-33)44(40-16-8-12-28-52(40)4)36-24-22-34(48-36)43(32-20-18-30(41)46-32)39-15-7-11-27-51(39)3;/h5-28H,1-4H3;/q2*+2. The summed E-state index contributed by atoms with van der Waals surface area (Å²) >= 11 is 0. The molecule has 0 spiro atoms. The molecule has 53 heavy (non-hydrogen) atoms. The van der Waals surface area contributed by atoms with Gasteiger partial charge in [0.15, 0.2) is 24.8 Å². The maximum Gasteiger partial charge on any atom is 2.00 e. The number of fused-ring (bicyclic) bond motifs is 8. The zero-order valence-electron chi connectivity index (χ0n) is 29.8. The van der Waals surface area contributed by atoms with E-state index in [1.807, 2.05) is 24.3 Å². The number of pyridine rings is 4. The maximum absolute atomic E-state index is 5.38. The summed E-state index contributed by atoms with van der Waals surface area (Å²) < 4.78 is 8.49. The fraction of sp³-hybridized carbons (Fsp3) is 0.0909. The molecule has 7 aromatic rings. The molecule has 0 amide bonds. The van der Waals surface area contributed by atoms with Gasteiger partial charge < -0.3 is 9.97 Å². The summed E-state index contributed by atoms with van der Waals surface area (Å²) in [6.07, 6.45) is 16.6. The van der Waals surface area contributed by atoms with Crippen molar-refractivity contribution >= 4 is 46.4 Å². The van der Waals surface area contributed by atoms with Crippen LogP contribution in [0.2, 0.25) is 0 Å². The summed E-state index contributed by atoms with van der Waals surface area (Å²) in [4.78, 5) is 21.5. The van der Waals surface area contributed by atoms with Gasteiger partial charge in [0.05, 0.1) is 45.0 Å². The van der Waals surface area contributed by atoms with Crippen LogP contribution in [0.15, 0.2) is 122 Å². The fourth-order valence-corrected chi connectivity index (χ4v) is 7.27. The molecule has 0 aliphatic carbocycles. The number of aromatic nitrogens is 8. The van der Waals surface area contributed by atoms with Crippen molar-refractivity contribution in [3.8, 4) is 45.0 Å². The Kier molecular flexibility index (Phi) is 8.74. The van der Waals surface area contributed by atoms with E-state index in [-0.39, 0.29) is 17.1 Å². The maximum atomic E-state index is 5.38. The van der Waals surface area contributed by atoms with Gasteiger partial charge in [0.1, 0.15) is 28.2 Å². The van der Waals surface area contributed by atoms with E-state index in [4.69, 9.17) is 19.9 Å². The first-order chi connectivity index (χ1) is 25.4. The molecular formula is C44H36MnN8+4. The van der Waals surface area contributed by atoms with Crippen molar-refractivity contribution in [2.24, 2.45) is 28.2 Å². The van der Waals surface area contributed by atoms with Crippen molar-refractivity contribution in [3.05, 3.63) is 145 Å². The number of hydrogen-bond acceptors (Lipinski definition) is 2. The molecule has 2 aliphatic rings. The Morgan fingerprint density at radius 2 is 0.604 bits per heavy atom. The Balaban J connectivity index is 0.00000400. The van der Waals surface area contributed by atoms with Gasteiger partial charge in [0, 0.05) is 48.5 Å². The summed E-state index contributed by atoms with van der Waals surface area (Å²) in [6.45, 7) is 0. The van der Waals surface area contributed by atoms with Crippen molar-refractivity contribution in [1.29, 1.82) is 0 Å². The molecule has 2 aliphatic heterocycles. The van der Waals surface area contributed by atoms with Crippen LogP contribution < -0.4 is 28.2 Å². The van der Waals surface area contributed by atoms with Crippen LogP contribution in [0, 0.1) is 0 Å². The van der Waals surface area contributed by atoms with E-state index < -0.39 is 0 Å². The van der Waals surface area contributed by atoms with Gasteiger partial charge in [-0.2, -0.15) is 0 Å². The van der Waals surface area contributed by atoms with E-state index in [0.717, 1.165) is 89.9 Å². The monoisotopic (exact) mass is 731 g/mol. The second kappa shape index (κ2) is 13.7. The molecule has 8 nitrogen and oxygen atoms in total. The van der Waals surface area contributed by atoms with Crippen molar-refractivity contribution in [2.75, 3.05) is 0 Å². The van der Waals surface area contributed by atoms with Crippen LogP contribution in [0.1, 0.15) is 22.8 Å². The number of rotatable bonds is 4. The van der Waals surface area contributed by atoms with Crippen LogP contribution in [-0.4, -0.2) is 9.97 Å². The SMILES string of the molecule is C[n+]1ccccc1-c1c2nc(c(-c3cccc[n+]3C)c3ccc([n-]3)c(-c3cccc[n+]3C)c3nc(c(-c4cccc[n+]4C)c4ccc1[n-]4)C=C3)C=C2.[Mn+2]. The molecule has 9 heterocycles. The Morgan fingerprint density at radius 3 is 0.830 bits per heavy atom. The Bertz CT molecular complexity index is 2440. The zero-order chi connectivity index (χ0) is 35.3. The molecule has 0 unspecified atom stereocenters. The van der Waals surface area contributed by atoms with E-state index in [1.54, 1.807) is 0 Å². The quantitative estimate of drug-likeness (QED) is 0.168. The summed E-state index contributed by atoms with van der Waals surface area (Å²) in [6, 6.07) is 33.3. The molecule has 255 valence electrons. The normalized spacial score (nSPS) is 11.8. The Labute approximate surface area is 318 Å². The van der Waals surface area contributed by atoms with E-state index >= 15 is 0 Å². The number of aryl methyl sites for hydroxylation is 4. The predicted octanol–water partition coefficient (Wildman–Crippen LogP) is 5.88. The van der Waals surface area contributed by atoms with E-state index in [1.165, 1.54) is 0 Å². The third kappa shape index (κ3) is 5.90. The first-order valence-corrected chi connectivity index (χ1v) is 17.3. The summed E-state index contributed by atoms with van der Waals surface area (Å²) in [5.74, 6) is 0. The fourth-order valence-electron chi connectivity index (χ4n) is 7.27. The summed E-state index contributed by atoms with van der Waals surface area (Å²) in [7, 11) is 8.24. The molecule has 0 atom stereocenters. The molecule has 0 saturated carbocycles. The molecule has 8 bridgehead atoms. The summed E-state index contributed by atoms with van der Waals surface area (Å²) in [5.41, 5.74) is 14.5. The summed E-state index contributed by atoms with van der Waals surface area (Å²) in [5, 5.41) is 0. The van der Waals surface area contributed by atoms with Gasteiger partial charge in [-0.1, -0.05) is 24.3 Å². The third-order valence-corrected chi connectivity index (χ3v) is 9.85. The van der Waals surface area contributed by atoms with Crippen molar-refractivity contribution in [2.45, 2.75) is 0 Å². The van der Waals surface area contributed by atoms with E-state index in [9.17, 15) is 0 Å². The molecular weight excluding hydrogens is 695 g/mol. The average molecular weight is 732 g/mol. The van der Waals surface area contributed by atoms with Crippen LogP contribution >= 0.6 is 0 Å². The molecule has 0 fully saturated rings. The van der Waals surface area contributed by atoms with Gasteiger partial charge in [-0.25, -0.2) is 28.2 Å². The molecule has 1 radical (unpaired) electrons. The van der Waals surface area contributed by atoms with Gasteiger partial charge in [-0.3, -0.25) is 0 Å². The molecule has 9 rings (SSSR count). The van der Waals surface area contributed by atoms with Crippen LogP contribution in [0.3, 0.4) is 0 Å². The topological polar surface area (TPSA) is 69.5 Å². The van der Waals surface area contributed by atoms with Crippen molar-refractivity contribution in [1.82, 2.24) is 19.9 Å². The number of hydrogen-bond donors (Lipinski definition) is 0. The minimum atomic E-state index is 0.